The number of unbranched alkanes of at least 4 members (excludes halogenated alkanes) is 2. The average Bonchev–Trinajstić information content (AvgIpc) is 3.91. The molecule has 0 unspecified atom stereocenters. The number of likely N-dealkylation sites (N-methyl/N-ethyl adjacent to an activating group) is 1. The Labute approximate surface area is 438 Å². The summed E-state index contributed by atoms with van der Waals surface area (Å²) >= 11 is 0.578. The number of benzene rings is 4. The molecule has 3 aliphatic rings. The Morgan fingerprint density at radius 2 is 1.59 bits per heavy atom. The Balaban J connectivity index is 1.13. The number of carbonyl (C=O) groups excluding carboxylic acids is 4. The van der Waals surface area contributed by atoms with E-state index in [1.54, 1.807) is 30.3 Å². The lowest BCUT2D eigenvalue weighted by Crippen LogP contribution is -2.31. The van der Waals surface area contributed by atoms with Crippen molar-refractivity contribution in [3.05, 3.63) is 125 Å². The van der Waals surface area contributed by atoms with Crippen LogP contribution in [-0.4, -0.2) is 94.9 Å². The summed E-state index contributed by atoms with van der Waals surface area (Å²) in [5.74, 6) is -2.14. The number of hydrogen-bond donors (Lipinski definition) is 4. The Kier molecular flexibility index (Phi) is 15.7. The molecule has 0 spiro atoms. The van der Waals surface area contributed by atoms with Gasteiger partial charge in [0.2, 0.25) is 5.69 Å². The quantitative estimate of drug-likeness (QED) is 0.00879. The summed E-state index contributed by atoms with van der Waals surface area (Å²) in [5.41, 5.74) is 5.03. The van der Waals surface area contributed by atoms with Crippen molar-refractivity contribution in [2.24, 2.45) is 0 Å². The first-order valence-electron chi connectivity index (χ1n) is 24.1. The van der Waals surface area contributed by atoms with Gasteiger partial charge in [-0.1, -0.05) is 49.6 Å². The second kappa shape index (κ2) is 21.5. The number of nitrogens with one attached hydrogen (secondary N) is 1. The summed E-state index contributed by atoms with van der Waals surface area (Å²) in [6.45, 7) is 13.5. The summed E-state index contributed by atoms with van der Waals surface area (Å²) in [6.07, 6.45) is 10.8. The molecule has 19 nitrogen and oxygen atoms in total. The van der Waals surface area contributed by atoms with E-state index in [0.717, 1.165) is 33.9 Å². The van der Waals surface area contributed by atoms with Gasteiger partial charge in [0.05, 0.1) is 33.6 Å². The SMILES string of the molecule is CCN1/C(=C/C=C(/C=C/C2=[N+](CC)c3ccc4c(SOOO)cc(S(=O)(=O)O)cc4c3C2(C)C)c2ccc(C(=O)NCCCCCC(=O)ON3C(=O)CCC3=O)cn2)C(C)(C)c2c1ccc1c(S(=O)(=O)O)cccc21. The van der Waals surface area contributed by atoms with Crippen molar-refractivity contribution in [1.29, 1.82) is 0 Å². The summed E-state index contributed by atoms with van der Waals surface area (Å²) in [5, 5.41) is 18.4. The zero-order chi connectivity index (χ0) is 54.2. The van der Waals surface area contributed by atoms with Gasteiger partial charge in [-0.2, -0.15) is 21.4 Å². The Bertz CT molecular complexity index is 3520. The molecule has 394 valence electrons. The first-order chi connectivity index (χ1) is 35.5. The van der Waals surface area contributed by atoms with Gasteiger partial charge in [0.1, 0.15) is 11.4 Å². The molecule has 0 bridgehead atoms. The molecule has 75 heavy (non-hydrogen) atoms. The number of allylic oxidation sites excluding steroid dienone is 6. The van der Waals surface area contributed by atoms with Gasteiger partial charge in [-0.05, 0) is 117 Å². The molecule has 4 heterocycles. The maximum Gasteiger partial charge on any atom is 0.333 e. The van der Waals surface area contributed by atoms with E-state index >= 15 is 0 Å². The van der Waals surface area contributed by atoms with E-state index < -0.39 is 48.8 Å². The molecule has 3 amide bonds. The first-order valence-corrected chi connectivity index (χ1v) is 27.8. The summed E-state index contributed by atoms with van der Waals surface area (Å²) in [4.78, 5) is 60.6. The molecule has 0 radical (unpaired) electrons. The largest absolute Gasteiger partial charge is 0.352 e. The van der Waals surface area contributed by atoms with Crippen LogP contribution in [-0.2, 0) is 59.7 Å². The van der Waals surface area contributed by atoms with E-state index in [4.69, 9.17) is 19.4 Å². The zero-order valence-corrected chi connectivity index (χ0v) is 44.4. The highest BCUT2D eigenvalue weighted by Gasteiger charge is 2.46. The van der Waals surface area contributed by atoms with Crippen molar-refractivity contribution < 1.29 is 69.2 Å². The second-order valence-electron chi connectivity index (χ2n) is 19.1. The molecule has 1 aromatic heterocycles. The van der Waals surface area contributed by atoms with Crippen LogP contribution in [0.4, 0.5) is 11.4 Å². The predicted molar refractivity (Wildman–Crippen MR) is 280 cm³/mol. The number of imide groups is 1. The predicted octanol–water partition coefficient (Wildman–Crippen LogP) is 8.94. The minimum absolute atomic E-state index is 0.000261. The number of pyridine rings is 1. The van der Waals surface area contributed by atoms with E-state index in [2.05, 4.69) is 33.7 Å². The maximum absolute atomic E-state index is 13.4. The molecular weight excluding hydrogens is 1030 g/mol. The number of anilines is 1. The monoisotopic (exact) mass is 1080 g/mol. The van der Waals surface area contributed by atoms with E-state index in [0.29, 0.717) is 94.4 Å². The molecule has 1 saturated heterocycles. The Morgan fingerprint density at radius 3 is 2.24 bits per heavy atom. The topological polar surface area (TPSA) is 259 Å². The van der Waals surface area contributed by atoms with Crippen molar-refractivity contribution in [1.82, 2.24) is 15.4 Å². The fourth-order valence-electron chi connectivity index (χ4n) is 10.4. The molecule has 5 aromatic rings. The summed E-state index contributed by atoms with van der Waals surface area (Å²) in [6, 6.07) is 18.2. The molecule has 8 rings (SSSR count). The van der Waals surface area contributed by atoms with Crippen LogP contribution in [0, 0.1) is 0 Å². The molecule has 4 aromatic carbocycles. The molecule has 1 fully saturated rings. The molecule has 3 aliphatic heterocycles. The van der Waals surface area contributed by atoms with Crippen LogP contribution in [0.15, 0.2) is 118 Å². The molecular formula is C53H56N5O14S3+. The van der Waals surface area contributed by atoms with Crippen molar-refractivity contribution in [2.75, 3.05) is 24.5 Å². The minimum atomic E-state index is -4.69. The lowest BCUT2D eigenvalue weighted by Gasteiger charge is -2.26. The summed E-state index contributed by atoms with van der Waals surface area (Å²) < 4.78 is 77.3. The standard InChI is InChI=1S/C53H55N5O14S3/c1-7-56-40-23-20-36-37(13-12-14-43(36)75(67,68)69)49(40)52(3,4)44(56)24-17-32(39-21-16-33(31-55-39)51(62)54-28-11-9-10-15-48(61)70-58-46(59)26-27-47(58)60)18-25-45-53(5,6)50-38-29-34(74(64,65)66)30-42(73-72-71-63)35(38)19-22-41(50)57(45)8-2/h12-14,16-25,29-31H,7-11,15,26-28H2,1-6H3,(H3-,54,62,63,64,65,66,67,68,69)/p+1. The normalized spacial score (nSPS) is 17.0. The van der Waals surface area contributed by atoms with E-state index in [1.807, 2.05) is 70.2 Å². The highest BCUT2D eigenvalue weighted by Crippen LogP contribution is 2.52. The smallest absolute Gasteiger partial charge is 0.333 e. The minimum Gasteiger partial charge on any atom is -0.352 e. The van der Waals surface area contributed by atoms with Crippen molar-refractivity contribution in [3.8, 4) is 0 Å². The second-order valence-corrected chi connectivity index (χ2v) is 22.7. The van der Waals surface area contributed by atoms with E-state index in [-0.39, 0.29) is 39.9 Å². The third-order valence-corrected chi connectivity index (χ3v) is 16.2. The molecule has 0 aliphatic carbocycles. The zero-order valence-electron chi connectivity index (χ0n) is 41.9. The Hall–Kier alpha value is -6.63. The molecule has 0 saturated carbocycles. The van der Waals surface area contributed by atoms with Crippen LogP contribution in [0.1, 0.15) is 107 Å². The van der Waals surface area contributed by atoms with Gasteiger partial charge >= 0.3 is 5.97 Å². The fraction of sp³-hybridized carbons (Fsp3) is 0.321. The third kappa shape index (κ3) is 10.8. The van der Waals surface area contributed by atoms with Gasteiger partial charge in [-0.25, -0.2) is 10.1 Å². The van der Waals surface area contributed by atoms with Gasteiger partial charge in [-0.3, -0.25) is 28.5 Å². The van der Waals surface area contributed by atoms with Gasteiger partial charge in [0, 0.05) is 88.9 Å². The van der Waals surface area contributed by atoms with Gasteiger partial charge < -0.3 is 15.1 Å². The van der Waals surface area contributed by atoms with Crippen LogP contribution < -0.4 is 10.2 Å². The summed E-state index contributed by atoms with van der Waals surface area (Å²) in [7, 11) is -9.22. The number of carbonyl (C=O) groups is 4. The number of hydroxylamine groups is 2. The first kappa shape index (κ1) is 54.6. The van der Waals surface area contributed by atoms with E-state index in [9.17, 15) is 45.1 Å². The van der Waals surface area contributed by atoms with Crippen LogP contribution >= 0.6 is 12.0 Å². The highest BCUT2D eigenvalue weighted by molar-refractivity contribution is 7.94. The number of nitrogens with zero attached hydrogens (tertiary/aromatic N) is 4. The lowest BCUT2D eigenvalue weighted by molar-refractivity contribution is -0.433. The van der Waals surface area contributed by atoms with Crippen molar-refractivity contribution >= 4 is 100 Å². The van der Waals surface area contributed by atoms with Crippen molar-refractivity contribution in [3.63, 3.8) is 0 Å². The molecule has 0 atom stereocenters. The number of amides is 3. The highest BCUT2D eigenvalue weighted by atomic mass is 32.2. The molecule has 4 N–H and O–H groups in total. The number of fused-ring (bicyclic) bond motifs is 6. The number of aromatic nitrogens is 1. The lowest BCUT2D eigenvalue weighted by atomic mass is 9.79. The van der Waals surface area contributed by atoms with Gasteiger partial charge in [0.25, 0.3) is 38.0 Å². The van der Waals surface area contributed by atoms with Crippen LogP contribution in [0.25, 0.3) is 27.1 Å². The maximum atomic E-state index is 13.4. The van der Waals surface area contributed by atoms with Crippen LogP contribution in [0.5, 0.6) is 0 Å². The van der Waals surface area contributed by atoms with Gasteiger partial charge in [-0.15, -0.1) is 9.40 Å². The molecule has 22 heteroatoms. The van der Waals surface area contributed by atoms with Crippen LogP contribution in [0.2, 0.25) is 0 Å². The fourth-order valence-corrected chi connectivity index (χ4v) is 12.2. The Morgan fingerprint density at radius 1 is 0.853 bits per heavy atom. The van der Waals surface area contributed by atoms with Gasteiger partial charge in [0.15, 0.2) is 5.71 Å². The average molecular weight is 1080 g/mol. The van der Waals surface area contributed by atoms with E-state index in [1.165, 1.54) is 24.4 Å². The third-order valence-electron chi connectivity index (χ3n) is 13.8. The van der Waals surface area contributed by atoms with Crippen molar-refractivity contribution in [2.45, 2.75) is 106 Å². The van der Waals surface area contributed by atoms with Crippen LogP contribution in [0.3, 0.4) is 0 Å². The number of hydrogen-bond acceptors (Lipinski definition) is 15. The number of rotatable bonds is 19.